The van der Waals surface area contributed by atoms with Crippen LogP contribution in [0, 0.1) is 0 Å². The molecule has 0 aliphatic carbocycles. The van der Waals surface area contributed by atoms with Crippen molar-refractivity contribution in [2.45, 2.75) is 12.8 Å². The molecule has 0 spiro atoms. The van der Waals surface area contributed by atoms with Gasteiger partial charge in [-0.1, -0.05) is 24.3 Å². The van der Waals surface area contributed by atoms with Crippen LogP contribution in [0.5, 0.6) is 5.75 Å². The summed E-state index contributed by atoms with van der Waals surface area (Å²) >= 11 is 1.16. The number of hydrogen-bond donors (Lipinski definition) is 2. The normalized spacial score (nSPS) is 11.0. The van der Waals surface area contributed by atoms with E-state index in [9.17, 15) is 22.8 Å². The number of hydrogen-bond acceptors (Lipinski definition) is 5. The number of amides is 2. The molecule has 2 N–H and O–H groups in total. The van der Waals surface area contributed by atoms with Gasteiger partial charge in [0.1, 0.15) is 5.75 Å². The van der Waals surface area contributed by atoms with Gasteiger partial charge in [0.05, 0.1) is 12.1 Å². The maximum absolute atomic E-state index is 12.3. The number of thiazole rings is 1. The third kappa shape index (κ3) is 6.32. The molecule has 29 heavy (non-hydrogen) atoms. The van der Waals surface area contributed by atoms with Gasteiger partial charge in [0.2, 0.25) is 5.91 Å². The van der Waals surface area contributed by atoms with Crippen LogP contribution in [0.2, 0.25) is 0 Å². The van der Waals surface area contributed by atoms with Crippen molar-refractivity contribution in [3.63, 3.8) is 0 Å². The molecule has 3 aromatic rings. The molecular formula is C19H14F3N3O3S. The number of anilines is 2. The van der Waals surface area contributed by atoms with Gasteiger partial charge < -0.3 is 10.1 Å². The summed E-state index contributed by atoms with van der Waals surface area (Å²) in [5, 5.41) is 7.08. The molecule has 0 unspecified atom stereocenters. The zero-order chi connectivity index (χ0) is 20.9. The quantitative estimate of drug-likeness (QED) is 0.615. The van der Waals surface area contributed by atoms with Crippen LogP contribution in [0.25, 0.3) is 0 Å². The molecule has 10 heteroatoms. The average molecular weight is 421 g/mol. The molecule has 0 bridgehead atoms. The minimum absolute atomic E-state index is 0.109. The number of halogens is 3. The van der Waals surface area contributed by atoms with Crippen molar-refractivity contribution in [1.82, 2.24) is 4.98 Å². The van der Waals surface area contributed by atoms with E-state index in [1.165, 1.54) is 12.1 Å². The van der Waals surface area contributed by atoms with Gasteiger partial charge in [-0.25, -0.2) is 4.98 Å². The first-order valence-electron chi connectivity index (χ1n) is 8.25. The second-order valence-electron chi connectivity index (χ2n) is 5.76. The molecule has 0 saturated heterocycles. The van der Waals surface area contributed by atoms with Crippen LogP contribution in [0.15, 0.2) is 60.0 Å². The molecule has 150 valence electrons. The maximum Gasteiger partial charge on any atom is 0.573 e. The average Bonchev–Trinajstić information content (AvgIpc) is 3.07. The Labute approximate surface area is 167 Å². The first kappa shape index (κ1) is 20.3. The lowest BCUT2D eigenvalue weighted by atomic mass is 10.2. The summed E-state index contributed by atoms with van der Waals surface area (Å²) in [7, 11) is 0. The highest BCUT2D eigenvalue weighted by molar-refractivity contribution is 7.14. The van der Waals surface area contributed by atoms with Crippen LogP contribution in [0.3, 0.4) is 0 Å². The summed E-state index contributed by atoms with van der Waals surface area (Å²) in [4.78, 5) is 28.4. The SMILES string of the molecule is O=C(Cc1csc(NC(=O)c2ccccc2)n1)Nc1cccc(OC(F)(F)F)c1. The van der Waals surface area contributed by atoms with Gasteiger partial charge in [-0.3, -0.25) is 14.9 Å². The second-order valence-corrected chi connectivity index (χ2v) is 6.62. The molecule has 1 heterocycles. The number of nitrogens with zero attached hydrogens (tertiary/aromatic N) is 1. The van der Waals surface area contributed by atoms with Gasteiger partial charge in [-0.15, -0.1) is 24.5 Å². The summed E-state index contributed by atoms with van der Waals surface area (Å²) in [6.45, 7) is 0. The highest BCUT2D eigenvalue weighted by Gasteiger charge is 2.31. The lowest BCUT2D eigenvalue weighted by Gasteiger charge is -2.10. The van der Waals surface area contributed by atoms with Crippen LogP contribution in [0.4, 0.5) is 24.0 Å². The molecule has 0 aliphatic rings. The summed E-state index contributed by atoms with van der Waals surface area (Å²) in [6, 6.07) is 13.6. The second kappa shape index (κ2) is 8.74. The molecule has 1 aromatic heterocycles. The third-order valence-corrected chi connectivity index (χ3v) is 4.31. The molecule has 0 saturated carbocycles. The number of alkyl halides is 3. The van der Waals surface area contributed by atoms with E-state index in [1.807, 2.05) is 0 Å². The third-order valence-electron chi connectivity index (χ3n) is 3.50. The summed E-state index contributed by atoms with van der Waals surface area (Å²) in [5.74, 6) is -1.23. The van der Waals surface area contributed by atoms with E-state index in [2.05, 4.69) is 20.4 Å². The Morgan fingerprint density at radius 1 is 1.03 bits per heavy atom. The first-order valence-corrected chi connectivity index (χ1v) is 9.13. The summed E-state index contributed by atoms with van der Waals surface area (Å²) in [5.41, 5.74) is 1.05. The minimum Gasteiger partial charge on any atom is -0.406 e. The summed E-state index contributed by atoms with van der Waals surface area (Å²) < 4.78 is 40.6. The predicted octanol–water partition coefficient (Wildman–Crippen LogP) is 4.48. The molecule has 2 amide bonds. The largest absolute Gasteiger partial charge is 0.573 e. The number of benzene rings is 2. The minimum atomic E-state index is -4.82. The van der Waals surface area contributed by atoms with Crippen LogP contribution in [-0.4, -0.2) is 23.2 Å². The van der Waals surface area contributed by atoms with E-state index in [0.29, 0.717) is 16.4 Å². The molecule has 0 radical (unpaired) electrons. The zero-order valence-corrected chi connectivity index (χ0v) is 15.5. The highest BCUT2D eigenvalue weighted by Crippen LogP contribution is 2.25. The molecule has 2 aromatic carbocycles. The summed E-state index contributed by atoms with van der Waals surface area (Å²) in [6.07, 6.45) is -4.92. The van der Waals surface area contributed by atoms with E-state index < -0.39 is 18.0 Å². The Morgan fingerprint density at radius 2 is 1.79 bits per heavy atom. The Kier molecular flexibility index (Phi) is 6.13. The van der Waals surface area contributed by atoms with Crippen LogP contribution in [0.1, 0.15) is 16.1 Å². The van der Waals surface area contributed by atoms with Crippen molar-refractivity contribution in [3.8, 4) is 5.75 Å². The number of nitrogens with one attached hydrogen (secondary N) is 2. The Morgan fingerprint density at radius 3 is 2.52 bits per heavy atom. The van der Waals surface area contributed by atoms with Gasteiger partial charge >= 0.3 is 6.36 Å². The molecule has 6 nitrogen and oxygen atoms in total. The van der Waals surface area contributed by atoms with Crippen molar-refractivity contribution in [3.05, 3.63) is 71.2 Å². The fourth-order valence-corrected chi connectivity index (χ4v) is 3.05. The van der Waals surface area contributed by atoms with Gasteiger partial charge in [0.15, 0.2) is 5.13 Å². The Balaban J connectivity index is 1.57. The standard InChI is InChI=1S/C19H14F3N3O3S/c20-19(21,22)28-15-8-4-7-13(9-15)23-16(26)10-14-11-29-18(24-14)25-17(27)12-5-2-1-3-6-12/h1-9,11H,10H2,(H,23,26)(H,24,25,27). The number of aromatic nitrogens is 1. The van der Waals surface area contributed by atoms with Crippen LogP contribution >= 0.6 is 11.3 Å². The smallest absolute Gasteiger partial charge is 0.406 e. The van der Waals surface area contributed by atoms with Gasteiger partial charge in [-0.05, 0) is 24.3 Å². The van der Waals surface area contributed by atoms with Crippen LogP contribution in [-0.2, 0) is 11.2 Å². The van der Waals surface area contributed by atoms with Crippen LogP contribution < -0.4 is 15.4 Å². The van der Waals surface area contributed by atoms with E-state index in [4.69, 9.17) is 0 Å². The predicted molar refractivity (Wildman–Crippen MR) is 102 cm³/mol. The molecule has 0 fully saturated rings. The molecular weight excluding hydrogens is 407 g/mol. The maximum atomic E-state index is 12.3. The fraction of sp³-hybridized carbons (Fsp3) is 0.105. The monoisotopic (exact) mass is 421 g/mol. The van der Waals surface area contributed by atoms with Crippen molar-refractivity contribution >= 4 is 34.0 Å². The van der Waals surface area contributed by atoms with Crippen molar-refractivity contribution in [2.24, 2.45) is 0 Å². The Hall–Kier alpha value is -3.40. The van der Waals surface area contributed by atoms with Gasteiger partial charge in [0.25, 0.3) is 5.91 Å². The van der Waals surface area contributed by atoms with E-state index in [-0.39, 0.29) is 18.0 Å². The van der Waals surface area contributed by atoms with Crippen molar-refractivity contribution < 1.29 is 27.5 Å². The van der Waals surface area contributed by atoms with Gasteiger partial charge in [-0.2, -0.15) is 0 Å². The number of carbonyl (C=O) groups is 2. The molecule has 0 atom stereocenters. The van der Waals surface area contributed by atoms with Gasteiger partial charge in [0, 0.05) is 22.7 Å². The lowest BCUT2D eigenvalue weighted by Crippen LogP contribution is -2.18. The van der Waals surface area contributed by atoms with E-state index in [0.717, 1.165) is 23.5 Å². The van der Waals surface area contributed by atoms with E-state index >= 15 is 0 Å². The van der Waals surface area contributed by atoms with E-state index in [1.54, 1.807) is 35.7 Å². The zero-order valence-electron chi connectivity index (χ0n) is 14.7. The number of ether oxygens (including phenoxy) is 1. The number of rotatable bonds is 6. The topological polar surface area (TPSA) is 80.3 Å². The fourth-order valence-electron chi connectivity index (χ4n) is 2.35. The highest BCUT2D eigenvalue weighted by atomic mass is 32.1. The number of carbonyl (C=O) groups excluding carboxylic acids is 2. The first-order chi connectivity index (χ1) is 13.8. The molecule has 3 rings (SSSR count). The molecule has 0 aliphatic heterocycles. The Bertz CT molecular complexity index is 1010. The van der Waals surface area contributed by atoms with Crippen molar-refractivity contribution in [1.29, 1.82) is 0 Å². The van der Waals surface area contributed by atoms with Crippen molar-refractivity contribution in [2.75, 3.05) is 10.6 Å². The lowest BCUT2D eigenvalue weighted by molar-refractivity contribution is -0.274.